The number of benzene rings is 2. The van der Waals surface area contributed by atoms with Crippen molar-refractivity contribution in [3.8, 4) is 11.5 Å². The Kier molecular flexibility index (Phi) is 5.70. The van der Waals surface area contributed by atoms with Gasteiger partial charge in [0, 0.05) is 20.2 Å². The van der Waals surface area contributed by atoms with Crippen LogP contribution in [0.3, 0.4) is 0 Å². The number of anilines is 1. The minimum atomic E-state index is -0.149. The van der Waals surface area contributed by atoms with Crippen LogP contribution in [0.5, 0.6) is 0 Å². The summed E-state index contributed by atoms with van der Waals surface area (Å²) in [6.07, 6.45) is 0. The SMILES string of the molecule is O=C(CSc1nnc(-c2ccccc2)o1)Nc1cc(Br)cc(Br)c1. The second kappa shape index (κ2) is 7.96. The fraction of sp³-hybridized carbons (Fsp3) is 0.0625. The van der Waals surface area contributed by atoms with Crippen molar-refractivity contribution in [2.24, 2.45) is 0 Å². The van der Waals surface area contributed by atoms with Crippen molar-refractivity contribution in [3.63, 3.8) is 0 Å². The molecule has 8 heteroatoms. The first-order valence-electron chi connectivity index (χ1n) is 6.88. The summed E-state index contributed by atoms with van der Waals surface area (Å²) in [5.41, 5.74) is 1.55. The number of hydrogen-bond donors (Lipinski definition) is 1. The van der Waals surface area contributed by atoms with Crippen molar-refractivity contribution in [2.75, 3.05) is 11.1 Å². The van der Waals surface area contributed by atoms with Gasteiger partial charge in [-0.1, -0.05) is 61.8 Å². The molecule has 0 spiro atoms. The lowest BCUT2D eigenvalue weighted by atomic mass is 10.2. The summed E-state index contributed by atoms with van der Waals surface area (Å²) < 4.78 is 7.31. The van der Waals surface area contributed by atoms with Crippen molar-refractivity contribution < 1.29 is 9.21 Å². The average molecular weight is 469 g/mol. The maximum atomic E-state index is 12.0. The molecular weight excluding hydrogens is 458 g/mol. The Morgan fingerprint density at radius 1 is 1.08 bits per heavy atom. The number of carbonyl (C=O) groups excluding carboxylic acids is 1. The quantitative estimate of drug-likeness (QED) is 0.534. The molecule has 1 N–H and O–H groups in total. The van der Waals surface area contributed by atoms with Crippen LogP contribution in [0.2, 0.25) is 0 Å². The number of aromatic nitrogens is 2. The number of hydrogen-bond acceptors (Lipinski definition) is 5. The number of rotatable bonds is 5. The first kappa shape index (κ1) is 17.2. The Bertz CT molecular complexity index is 835. The molecule has 0 radical (unpaired) electrons. The monoisotopic (exact) mass is 467 g/mol. The summed E-state index contributed by atoms with van der Waals surface area (Å²) in [5.74, 6) is 0.472. The van der Waals surface area contributed by atoms with E-state index in [2.05, 4.69) is 47.4 Å². The maximum Gasteiger partial charge on any atom is 0.277 e. The third kappa shape index (κ3) is 4.68. The van der Waals surface area contributed by atoms with Crippen molar-refractivity contribution in [1.29, 1.82) is 0 Å². The van der Waals surface area contributed by atoms with Gasteiger partial charge in [-0.3, -0.25) is 4.79 Å². The summed E-state index contributed by atoms with van der Waals surface area (Å²) >= 11 is 7.96. The van der Waals surface area contributed by atoms with Crippen LogP contribution < -0.4 is 5.32 Å². The molecule has 0 saturated carbocycles. The van der Waals surface area contributed by atoms with Crippen molar-refractivity contribution in [3.05, 3.63) is 57.5 Å². The summed E-state index contributed by atoms with van der Waals surface area (Å²) in [6, 6.07) is 15.0. The molecular formula is C16H11Br2N3O2S. The molecule has 1 amide bonds. The number of carbonyl (C=O) groups is 1. The van der Waals surface area contributed by atoms with E-state index in [1.54, 1.807) is 0 Å². The fourth-order valence-corrected chi connectivity index (χ4v) is 3.77. The first-order valence-corrected chi connectivity index (χ1v) is 9.45. The minimum Gasteiger partial charge on any atom is -0.411 e. The van der Waals surface area contributed by atoms with Gasteiger partial charge < -0.3 is 9.73 Å². The van der Waals surface area contributed by atoms with E-state index in [4.69, 9.17) is 4.42 Å². The molecule has 0 bridgehead atoms. The van der Waals surface area contributed by atoms with E-state index in [9.17, 15) is 4.79 Å². The van der Waals surface area contributed by atoms with Crippen molar-refractivity contribution in [2.45, 2.75) is 5.22 Å². The lowest BCUT2D eigenvalue weighted by Gasteiger charge is -2.05. The predicted molar refractivity (Wildman–Crippen MR) is 101 cm³/mol. The van der Waals surface area contributed by atoms with E-state index in [0.29, 0.717) is 16.8 Å². The van der Waals surface area contributed by atoms with Gasteiger partial charge in [0.2, 0.25) is 11.8 Å². The van der Waals surface area contributed by atoms with Gasteiger partial charge in [-0.05, 0) is 30.3 Å². The minimum absolute atomic E-state index is 0.149. The van der Waals surface area contributed by atoms with Gasteiger partial charge in [-0.25, -0.2) is 0 Å². The van der Waals surface area contributed by atoms with Crippen molar-refractivity contribution in [1.82, 2.24) is 10.2 Å². The number of halogens is 2. The molecule has 3 aromatic rings. The summed E-state index contributed by atoms with van der Waals surface area (Å²) in [5, 5.41) is 11.1. The number of thioether (sulfide) groups is 1. The van der Waals surface area contributed by atoms with Crippen LogP contribution in [-0.4, -0.2) is 21.9 Å². The lowest BCUT2D eigenvalue weighted by molar-refractivity contribution is -0.113. The van der Waals surface area contributed by atoms with Crippen LogP contribution in [0.1, 0.15) is 0 Å². The smallest absolute Gasteiger partial charge is 0.277 e. The third-order valence-electron chi connectivity index (χ3n) is 2.90. The molecule has 24 heavy (non-hydrogen) atoms. The predicted octanol–water partition coefficient (Wildman–Crippen LogP) is 4.99. The molecule has 2 aromatic carbocycles. The standard InChI is InChI=1S/C16H11Br2N3O2S/c17-11-6-12(18)8-13(7-11)19-14(22)9-24-16-21-20-15(23-16)10-4-2-1-3-5-10/h1-8H,9H2,(H,19,22). The van der Waals surface area contributed by atoms with Gasteiger partial charge in [0.1, 0.15) is 0 Å². The lowest BCUT2D eigenvalue weighted by Crippen LogP contribution is -2.14. The van der Waals surface area contributed by atoms with E-state index in [-0.39, 0.29) is 11.7 Å². The Hall–Kier alpha value is -1.64. The number of amides is 1. The first-order chi connectivity index (χ1) is 11.6. The highest BCUT2D eigenvalue weighted by molar-refractivity contribution is 9.11. The van der Waals surface area contributed by atoms with Gasteiger partial charge in [-0.2, -0.15) is 0 Å². The van der Waals surface area contributed by atoms with E-state index in [1.165, 1.54) is 11.8 Å². The van der Waals surface area contributed by atoms with Gasteiger partial charge >= 0.3 is 0 Å². The molecule has 0 aliphatic carbocycles. The van der Waals surface area contributed by atoms with Crippen molar-refractivity contribution >= 4 is 55.2 Å². The average Bonchev–Trinajstić information content (AvgIpc) is 3.02. The van der Waals surface area contributed by atoms with E-state index in [0.717, 1.165) is 14.5 Å². The fourth-order valence-electron chi connectivity index (χ4n) is 1.92. The summed E-state index contributed by atoms with van der Waals surface area (Å²) in [4.78, 5) is 12.0. The number of nitrogens with zero attached hydrogens (tertiary/aromatic N) is 2. The Morgan fingerprint density at radius 3 is 2.50 bits per heavy atom. The molecule has 5 nitrogen and oxygen atoms in total. The topological polar surface area (TPSA) is 68.0 Å². The van der Waals surface area contributed by atoms with E-state index >= 15 is 0 Å². The van der Waals surface area contributed by atoms with E-state index < -0.39 is 0 Å². The largest absolute Gasteiger partial charge is 0.411 e. The molecule has 0 atom stereocenters. The maximum absolute atomic E-state index is 12.0. The normalized spacial score (nSPS) is 10.6. The van der Waals surface area contributed by atoms with Crippen LogP contribution >= 0.6 is 43.6 Å². The van der Waals surface area contributed by atoms with Crippen LogP contribution in [0.4, 0.5) is 5.69 Å². The summed E-state index contributed by atoms with van der Waals surface area (Å²) in [6.45, 7) is 0. The van der Waals surface area contributed by atoms with Gasteiger partial charge in [0.25, 0.3) is 5.22 Å². The number of nitrogens with one attached hydrogen (secondary N) is 1. The molecule has 0 fully saturated rings. The van der Waals surface area contributed by atoms with Crippen LogP contribution in [0.25, 0.3) is 11.5 Å². The Labute approximate surface area is 159 Å². The molecule has 1 aromatic heterocycles. The van der Waals surface area contributed by atoms with Crippen LogP contribution in [-0.2, 0) is 4.79 Å². The molecule has 0 aliphatic heterocycles. The van der Waals surface area contributed by atoms with Crippen LogP contribution in [0.15, 0.2) is 67.1 Å². The van der Waals surface area contributed by atoms with Gasteiger partial charge in [0.15, 0.2) is 0 Å². The molecule has 3 rings (SSSR count). The highest BCUT2D eigenvalue weighted by Crippen LogP contribution is 2.25. The second-order valence-electron chi connectivity index (χ2n) is 4.73. The molecule has 1 heterocycles. The molecule has 0 unspecified atom stereocenters. The zero-order chi connectivity index (χ0) is 16.9. The Morgan fingerprint density at radius 2 is 1.79 bits per heavy atom. The molecule has 122 valence electrons. The van der Waals surface area contributed by atoms with Gasteiger partial charge in [-0.15, -0.1) is 10.2 Å². The third-order valence-corrected chi connectivity index (χ3v) is 4.63. The second-order valence-corrected chi connectivity index (χ2v) is 7.49. The summed E-state index contributed by atoms with van der Waals surface area (Å²) in [7, 11) is 0. The highest BCUT2D eigenvalue weighted by atomic mass is 79.9. The van der Waals surface area contributed by atoms with Gasteiger partial charge in [0.05, 0.1) is 5.75 Å². The Balaban J connectivity index is 1.58. The van der Waals surface area contributed by atoms with Crippen LogP contribution in [0, 0.1) is 0 Å². The zero-order valence-corrected chi connectivity index (χ0v) is 16.2. The zero-order valence-electron chi connectivity index (χ0n) is 12.2. The molecule has 0 saturated heterocycles. The van der Waals surface area contributed by atoms with E-state index in [1.807, 2.05) is 48.5 Å². The molecule has 0 aliphatic rings. The highest BCUT2D eigenvalue weighted by Gasteiger charge is 2.11.